The summed E-state index contributed by atoms with van der Waals surface area (Å²) in [5.74, 6) is -0.117. The molecule has 1 fully saturated rings. The maximum atomic E-state index is 12.2. The minimum atomic E-state index is -0.117. The molecule has 0 saturated heterocycles. The van der Waals surface area contributed by atoms with Crippen LogP contribution in [0.5, 0.6) is 0 Å². The number of hydrogen-bond acceptors (Lipinski definition) is 3. The molecule has 1 saturated carbocycles. The molecule has 1 heterocycles. The molecule has 5 heteroatoms. The third-order valence-corrected chi connectivity index (χ3v) is 4.71. The van der Waals surface area contributed by atoms with Crippen molar-refractivity contribution in [2.75, 3.05) is 20.1 Å². The van der Waals surface area contributed by atoms with Gasteiger partial charge in [0.05, 0.1) is 10.6 Å². The monoisotopic (exact) mass is 295 g/mol. The number of likely N-dealkylation sites (N-methyl/N-ethyl adjacent to an activating group) is 1. The summed E-state index contributed by atoms with van der Waals surface area (Å²) in [6.07, 6.45) is 7.83. The number of carbonyl (C=O) groups excluding carboxylic acids is 1. The number of nitrogens with zero attached hydrogens (tertiary/aromatic N) is 2. The molecule has 0 aliphatic heterocycles. The highest BCUT2D eigenvalue weighted by Gasteiger charge is 2.37. The number of amides is 1. The van der Waals surface area contributed by atoms with Crippen molar-refractivity contribution >= 4 is 17.5 Å². The number of pyridine rings is 1. The Morgan fingerprint density at radius 2 is 2.20 bits per heavy atom. The lowest BCUT2D eigenvalue weighted by Gasteiger charge is -2.38. The quantitative estimate of drug-likeness (QED) is 0.908. The number of halogens is 1. The Bertz CT molecular complexity index is 472. The molecule has 1 aromatic heterocycles. The second-order valence-corrected chi connectivity index (χ2v) is 5.89. The van der Waals surface area contributed by atoms with Gasteiger partial charge in [-0.15, -0.1) is 0 Å². The van der Waals surface area contributed by atoms with Crippen molar-refractivity contribution in [3.05, 3.63) is 29.0 Å². The van der Waals surface area contributed by atoms with E-state index in [4.69, 9.17) is 11.6 Å². The minimum absolute atomic E-state index is 0.101. The van der Waals surface area contributed by atoms with Gasteiger partial charge in [-0.3, -0.25) is 14.7 Å². The molecule has 2 rings (SSSR count). The van der Waals surface area contributed by atoms with Crippen LogP contribution in [-0.2, 0) is 0 Å². The van der Waals surface area contributed by atoms with Crippen LogP contribution in [-0.4, -0.2) is 41.5 Å². The van der Waals surface area contributed by atoms with E-state index in [1.165, 1.54) is 19.0 Å². The number of aromatic nitrogens is 1. The lowest BCUT2D eigenvalue weighted by molar-refractivity contribution is 0.0874. The van der Waals surface area contributed by atoms with Crippen LogP contribution >= 0.6 is 11.6 Å². The molecule has 4 nitrogen and oxygen atoms in total. The van der Waals surface area contributed by atoms with Gasteiger partial charge in [0, 0.05) is 24.5 Å². The van der Waals surface area contributed by atoms with Gasteiger partial charge in [0.1, 0.15) is 0 Å². The molecule has 110 valence electrons. The maximum absolute atomic E-state index is 12.2. The molecular formula is C15H22ClN3O. The fourth-order valence-corrected chi connectivity index (χ4v) is 3.17. The summed E-state index contributed by atoms with van der Waals surface area (Å²) in [6.45, 7) is 3.82. The van der Waals surface area contributed by atoms with E-state index in [0.717, 1.165) is 19.4 Å². The van der Waals surface area contributed by atoms with Crippen LogP contribution in [0.2, 0.25) is 5.02 Å². The summed E-state index contributed by atoms with van der Waals surface area (Å²) in [6, 6.07) is 1.66. The third-order valence-electron chi connectivity index (χ3n) is 4.41. The van der Waals surface area contributed by atoms with Crippen LogP contribution < -0.4 is 5.32 Å². The van der Waals surface area contributed by atoms with Crippen molar-refractivity contribution < 1.29 is 4.79 Å². The zero-order valence-electron chi connectivity index (χ0n) is 12.2. The SMILES string of the molecule is CCN(C)C1(CNC(=O)c2ccncc2Cl)CCCC1. The molecule has 0 spiro atoms. The van der Waals surface area contributed by atoms with E-state index in [1.807, 2.05) is 0 Å². The fraction of sp³-hybridized carbons (Fsp3) is 0.600. The third kappa shape index (κ3) is 3.13. The maximum Gasteiger partial charge on any atom is 0.252 e. The first kappa shape index (κ1) is 15.3. The van der Waals surface area contributed by atoms with Crippen molar-refractivity contribution in [2.45, 2.75) is 38.1 Å². The van der Waals surface area contributed by atoms with Gasteiger partial charge in [0.2, 0.25) is 0 Å². The summed E-state index contributed by atoms with van der Waals surface area (Å²) in [7, 11) is 2.14. The first-order chi connectivity index (χ1) is 9.59. The van der Waals surface area contributed by atoms with Gasteiger partial charge in [0.15, 0.2) is 0 Å². The highest BCUT2D eigenvalue weighted by atomic mass is 35.5. The number of nitrogens with one attached hydrogen (secondary N) is 1. The highest BCUT2D eigenvalue weighted by molar-refractivity contribution is 6.33. The van der Waals surface area contributed by atoms with Gasteiger partial charge in [-0.05, 0) is 32.5 Å². The van der Waals surface area contributed by atoms with E-state index in [0.29, 0.717) is 17.1 Å². The molecule has 1 aromatic rings. The normalized spacial score (nSPS) is 17.4. The van der Waals surface area contributed by atoms with Crippen molar-refractivity contribution in [1.82, 2.24) is 15.2 Å². The summed E-state index contributed by atoms with van der Waals surface area (Å²) in [5.41, 5.74) is 0.596. The largest absolute Gasteiger partial charge is 0.350 e. The van der Waals surface area contributed by atoms with Crippen molar-refractivity contribution in [1.29, 1.82) is 0 Å². The van der Waals surface area contributed by atoms with Gasteiger partial charge >= 0.3 is 0 Å². The Hall–Kier alpha value is -1.13. The highest BCUT2D eigenvalue weighted by Crippen LogP contribution is 2.33. The predicted octanol–water partition coefficient (Wildman–Crippen LogP) is 2.73. The van der Waals surface area contributed by atoms with Crippen molar-refractivity contribution in [3.63, 3.8) is 0 Å². The lowest BCUT2D eigenvalue weighted by atomic mass is 9.95. The van der Waals surface area contributed by atoms with E-state index in [9.17, 15) is 4.79 Å². The Balaban J connectivity index is 2.03. The summed E-state index contributed by atoms with van der Waals surface area (Å²) >= 11 is 6.01. The second-order valence-electron chi connectivity index (χ2n) is 5.48. The number of carbonyl (C=O) groups is 1. The van der Waals surface area contributed by atoms with Gasteiger partial charge < -0.3 is 5.32 Å². The summed E-state index contributed by atoms with van der Waals surface area (Å²) in [4.78, 5) is 18.5. The predicted molar refractivity (Wildman–Crippen MR) is 81.1 cm³/mol. The van der Waals surface area contributed by atoms with Gasteiger partial charge in [-0.2, -0.15) is 0 Å². The first-order valence-corrected chi connectivity index (χ1v) is 7.56. The van der Waals surface area contributed by atoms with E-state index in [1.54, 1.807) is 12.3 Å². The Labute approximate surface area is 125 Å². The van der Waals surface area contributed by atoms with E-state index < -0.39 is 0 Å². The zero-order chi connectivity index (χ0) is 14.6. The Morgan fingerprint density at radius 1 is 1.50 bits per heavy atom. The molecule has 0 aromatic carbocycles. The Morgan fingerprint density at radius 3 is 2.80 bits per heavy atom. The van der Waals surface area contributed by atoms with E-state index >= 15 is 0 Å². The number of rotatable bonds is 5. The fourth-order valence-electron chi connectivity index (χ4n) is 2.96. The van der Waals surface area contributed by atoms with Gasteiger partial charge in [-0.1, -0.05) is 31.4 Å². The van der Waals surface area contributed by atoms with Crippen LogP contribution in [0.3, 0.4) is 0 Å². The molecular weight excluding hydrogens is 274 g/mol. The van der Waals surface area contributed by atoms with Crippen LogP contribution in [0.4, 0.5) is 0 Å². The molecule has 1 amide bonds. The average Bonchev–Trinajstić information content (AvgIpc) is 2.94. The molecule has 0 atom stereocenters. The Kier molecular flexibility index (Phi) is 5.00. The lowest BCUT2D eigenvalue weighted by Crippen LogP contribution is -2.52. The van der Waals surface area contributed by atoms with Gasteiger partial charge in [0.25, 0.3) is 5.91 Å². The molecule has 1 aliphatic rings. The molecule has 20 heavy (non-hydrogen) atoms. The van der Waals surface area contributed by atoms with Crippen LogP contribution in [0.25, 0.3) is 0 Å². The second kappa shape index (κ2) is 6.55. The molecule has 0 unspecified atom stereocenters. The van der Waals surface area contributed by atoms with Crippen LogP contribution in [0.1, 0.15) is 43.0 Å². The smallest absolute Gasteiger partial charge is 0.252 e. The molecule has 0 radical (unpaired) electrons. The average molecular weight is 296 g/mol. The zero-order valence-corrected chi connectivity index (χ0v) is 12.9. The topological polar surface area (TPSA) is 45.2 Å². The van der Waals surface area contributed by atoms with Crippen molar-refractivity contribution in [2.24, 2.45) is 0 Å². The van der Waals surface area contributed by atoms with Crippen LogP contribution in [0, 0.1) is 0 Å². The molecule has 1 N–H and O–H groups in total. The molecule has 0 bridgehead atoms. The first-order valence-electron chi connectivity index (χ1n) is 7.18. The van der Waals surface area contributed by atoms with Gasteiger partial charge in [-0.25, -0.2) is 0 Å². The minimum Gasteiger partial charge on any atom is -0.350 e. The summed E-state index contributed by atoms with van der Waals surface area (Å²) in [5, 5.41) is 3.44. The number of hydrogen-bond donors (Lipinski definition) is 1. The van der Waals surface area contributed by atoms with E-state index in [-0.39, 0.29) is 11.4 Å². The standard InChI is InChI=1S/C15H22ClN3O/c1-3-19(2)15(7-4-5-8-15)11-18-14(20)12-6-9-17-10-13(12)16/h6,9-10H,3-5,7-8,11H2,1-2H3,(H,18,20). The summed E-state index contributed by atoms with van der Waals surface area (Å²) < 4.78 is 0. The van der Waals surface area contributed by atoms with E-state index in [2.05, 4.69) is 29.2 Å². The van der Waals surface area contributed by atoms with Crippen molar-refractivity contribution in [3.8, 4) is 0 Å². The molecule has 1 aliphatic carbocycles. The van der Waals surface area contributed by atoms with Crippen LogP contribution in [0.15, 0.2) is 18.5 Å².